The second-order valence-electron chi connectivity index (χ2n) is 4.43. The summed E-state index contributed by atoms with van der Waals surface area (Å²) in [6, 6.07) is 9.45. The molecule has 76 valence electrons. The molecule has 1 aliphatic rings. The molecule has 1 aromatic rings. The van der Waals surface area contributed by atoms with Crippen LogP contribution in [0.3, 0.4) is 0 Å². The van der Waals surface area contributed by atoms with Gasteiger partial charge in [-0.05, 0) is 36.4 Å². The van der Waals surface area contributed by atoms with Crippen LogP contribution in [0.2, 0.25) is 0 Å². The summed E-state index contributed by atoms with van der Waals surface area (Å²) in [6.07, 6.45) is 2.61. The Morgan fingerprint density at radius 2 is 2.07 bits per heavy atom. The molecule has 0 spiro atoms. The van der Waals surface area contributed by atoms with Crippen molar-refractivity contribution in [2.75, 3.05) is 6.54 Å². The lowest BCUT2D eigenvalue weighted by Gasteiger charge is -2.17. The minimum absolute atomic E-state index is 0.605. The first kappa shape index (κ1) is 9.72. The third-order valence-corrected chi connectivity index (χ3v) is 3.05. The molecule has 0 saturated carbocycles. The van der Waals surface area contributed by atoms with E-state index in [0.29, 0.717) is 12.0 Å². The van der Waals surface area contributed by atoms with Gasteiger partial charge in [-0.1, -0.05) is 38.1 Å². The molecule has 0 aliphatic carbocycles. The van der Waals surface area contributed by atoms with Crippen molar-refractivity contribution in [3.05, 3.63) is 35.4 Å². The van der Waals surface area contributed by atoms with Gasteiger partial charge in [-0.15, -0.1) is 0 Å². The smallest absolute Gasteiger partial charge is 0.0323 e. The zero-order valence-electron chi connectivity index (χ0n) is 9.09. The molecule has 0 unspecified atom stereocenters. The number of hydrogen-bond acceptors (Lipinski definition) is 1. The van der Waals surface area contributed by atoms with E-state index in [1.807, 2.05) is 0 Å². The zero-order valence-corrected chi connectivity index (χ0v) is 9.09. The Balaban J connectivity index is 2.30. The van der Waals surface area contributed by atoms with Gasteiger partial charge in [0.1, 0.15) is 0 Å². The van der Waals surface area contributed by atoms with E-state index >= 15 is 0 Å². The number of benzene rings is 1. The lowest BCUT2D eigenvalue weighted by Crippen LogP contribution is -2.14. The highest BCUT2D eigenvalue weighted by Gasteiger charge is 2.19. The Bertz CT molecular complexity index is 298. The molecular weight excluding hydrogens is 170 g/mol. The summed E-state index contributed by atoms with van der Waals surface area (Å²) in [6.45, 7) is 5.72. The molecule has 1 aliphatic heterocycles. The second-order valence-corrected chi connectivity index (χ2v) is 4.43. The average molecular weight is 189 g/mol. The highest BCUT2D eigenvalue weighted by molar-refractivity contribution is 5.32. The van der Waals surface area contributed by atoms with E-state index in [4.69, 9.17) is 0 Å². The predicted octanol–water partition coefficient (Wildman–Crippen LogP) is 3.23. The fourth-order valence-corrected chi connectivity index (χ4v) is 2.30. The van der Waals surface area contributed by atoms with Crippen molar-refractivity contribution in [2.24, 2.45) is 0 Å². The maximum atomic E-state index is 3.57. The molecule has 0 aromatic heterocycles. The fourth-order valence-electron chi connectivity index (χ4n) is 2.30. The lowest BCUT2D eigenvalue weighted by atomic mass is 9.92. The van der Waals surface area contributed by atoms with Gasteiger partial charge in [-0.3, -0.25) is 0 Å². The normalized spacial score (nSPS) is 21.8. The molecular formula is C13H19N. The highest BCUT2D eigenvalue weighted by atomic mass is 14.9. The number of rotatable bonds is 2. The Morgan fingerprint density at radius 1 is 1.29 bits per heavy atom. The minimum atomic E-state index is 0.605. The molecule has 1 saturated heterocycles. The van der Waals surface area contributed by atoms with Crippen molar-refractivity contribution in [1.82, 2.24) is 5.32 Å². The molecule has 1 N–H and O–H groups in total. The Hall–Kier alpha value is -0.820. The SMILES string of the molecule is CC(C)c1ccccc1[C@H]1CCCN1. The summed E-state index contributed by atoms with van der Waals surface area (Å²) < 4.78 is 0. The molecule has 0 amide bonds. The van der Waals surface area contributed by atoms with Crippen molar-refractivity contribution in [1.29, 1.82) is 0 Å². The lowest BCUT2D eigenvalue weighted by molar-refractivity contribution is 0.633. The monoisotopic (exact) mass is 189 g/mol. The third-order valence-electron chi connectivity index (χ3n) is 3.05. The van der Waals surface area contributed by atoms with Crippen LogP contribution in [0.4, 0.5) is 0 Å². The van der Waals surface area contributed by atoms with Crippen LogP contribution in [-0.4, -0.2) is 6.54 Å². The summed E-state index contributed by atoms with van der Waals surface area (Å²) in [5.74, 6) is 0.633. The van der Waals surface area contributed by atoms with Crippen molar-refractivity contribution in [3.8, 4) is 0 Å². The summed E-state index contributed by atoms with van der Waals surface area (Å²) in [4.78, 5) is 0. The van der Waals surface area contributed by atoms with E-state index in [1.54, 1.807) is 0 Å². The van der Waals surface area contributed by atoms with Crippen LogP contribution in [0, 0.1) is 0 Å². The van der Waals surface area contributed by atoms with Gasteiger partial charge in [0, 0.05) is 6.04 Å². The molecule has 1 heterocycles. The summed E-state index contributed by atoms with van der Waals surface area (Å²) >= 11 is 0. The first-order valence-electron chi connectivity index (χ1n) is 5.61. The van der Waals surface area contributed by atoms with Crippen molar-refractivity contribution in [3.63, 3.8) is 0 Å². The van der Waals surface area contributed by atoms with E-state index in [2.05, 4.69) is 43.4 Å². The zero-order chi connectivity index (χ0) is 9.97. The molecule has 1 nitrogen and oxygen atoms in total. The van der Waals surface area contributed by atoms with Crippen molar-refractivity contribution >= 4 is 0 Å². The average Bonchev–Trinajstić information content (AvgIpc) is 2.70. The van der Waals surface area contributed by atoms with Crippen molar-refractivity contribution < 1.29 is 0 Å². The van der Waals surface area contributed by atoms with Crippen LogP contribution in [0.25, 0.3) is 0 Å². The van der Waals surface area contributed by atoms with Crippen LogP contribution in [0.1, 0.15) is 49.8 Å². The van der Waals surface area contributed by atoms with Crippen LogP contribution in [-0.2, 0) is 0 Å². The van der Waals surface area contributed by atoms with Gasteiger partial charge < -0.3 is 5.32 Å². The van der Waals surface area contributed by atoms with Crippen molar-refractivity contribution in [2.45, 2.75) is 38.6 Å². The number of nitrogens with one attached hydrogen (secondary N) is 1. The third kappa shape index (κ3) is 1.83. The first-order valence-corrected chi connectivity index (χ1v) is 5.61. The molecule has 1 aromatic carbocycles. The minimum Gasteiger partial charge on any atom is -0.310 e. The summed E-state index contributed by atoms with van der Waals surface area (Å²) in [7, 11) is 0. The van der Waals surface area contributed by atoms with Gasteiger partial charge in [0.25, 0.3) is 0 Å². The topological polar surface area (TPSA) is 12.0 Å². The van der Waals surface area contributed by atoms with Gasteiger partial charge in [0.15, 0.2) is 0 Å². The van der Waals surface area contributed by atoms with Crippen LogP contribution in [0.15, 0.2) is 24.3 Å². The molecule has 1 atom stereocenters. The Morgan fingerprint density at radius 3 is 2.71 bits per heavy atom. The van der Waals surface area contributed by atoms with E-state index in [1.165, 1.54) is 30.5 Å². The molecule has 0 radical (unpaired) electrons. The van der Waals surface area contributed by atoms with Crippen LogP contribution < -0.4 is 5.32 Å². The summed E-state index contributed by atoms with van der Waals surface area (Å²) in [5.41, 5.74) is 3.02. The standard InChI is InChI=1S/C13H19N/c1-10(2)11-6-3-4-7-12(11)13-8-5-9-14-13/h3-4,6-7,10,13-14H,5,8-9H2,1-2H3/t13-/m1/s1. The second kappa shape index (κ2) is 4.14. The Kier molecular flexibility index (Phi) is 2.87. The van der Waals surface area contributed by atoms with Gasteiger partial charge in [0.05, 0.1) is 0 Å². The van der Waals surface area contributed by atoms with E-state index in [9.17, 15) is 0 Å². The fraction of sp³-hybridized carbons (Fsp3) is 0.538. The molecule has 14 heavy (non-hydrogen) atoms. The largest absolute Gasteiger partial charge is 0.310 e. The first-order chi connectivity index (χ1) is 6.79. The van der Waals surface area contributed by atoms with Gasteiger partial charge in [0.2, 0.25) is 0 Å². The van der Waals surface area contributed by atoms with Gasteiger partial charge in [-0.2, -0.15) is 0 Å². The maximum Gasteiger partial charge on any atom is 0.0323 e. The predicted molar refractivity (Wildman–Crippen MR) is 60.5 cm³/mol. The van der Waals surface area contributed by atoms with Crippen LogP contribution >= 0.6 is 0 Å². The Labute approximate surface area is 86.5 Å². The van der Waals surface area contributed by atoms with E-state index < -0.39 is 0 Å². The van der Waals surface area contributed by atoms with E-state index in [0.717, 1.165) is 0 Å². The van der Waals surface area contributed by atoms with Crippen LogP contribution in [0.5, 0.6) is 0 Å². The molecule has 2 rings (SSSR count). The summed E-state index contributed by atoms with van der Waals surface area (Å²) in [5, 5.41) is 3.57. The van der Waals surface area contributed by atoms with E-state index in [-0.39, 0.29) is 0 Å². The molecule has 0 bridgehead atoms. The van der Waals surface area contributed by atoms with Gasteiger partial charge in [-0.25, -0.2) is 0 Å². The maximum absolute atomic E-state index is 3.57. The highest BCUT2D eigenvalue weighted by Crippen LogP contribution is 2.29. The number of hydrogen-bond donors (Lipinski definition) is 1. The van der Waals surface area contributed by atoms with Gasteiger partial charge >= 0.3 is 0 Å². The molecule has 1 fully saturated rings. The molecule has 1 heteroatoms. The quantitative estimate of drug-likeness (QED) is 0.753.